The van der Waals surface area contributed by atoms with Crippen molar-refractivity contribution in [1.82, 2.24) is 9.97 Å². The fraction of sp³-hybridized carbons (Fsp3) is 0.105. The van der Waals surface area contributed by atoms with Crippen molar-refractivity contribution in [3.05, 3.63) is 71.1 Å². The Balaban J connectivity index is 1.94. The molecule has 0 bridgehead atoms. The van der Waals surface area contributed by atoms with E-state index in [1.165, 1.54) is 24.5 Å². The number of hydrogen-bond donors (Lipinski definition) is 0. The molecule has 0 N–H and O–H groups in total. The summed E-state index contributed by atoms with van der Waals surface area (Å²) in [5.74, 6) is -2.83. The van der Waals surface area contributed by atoms with Crippen molar-refractivity contribution in [2.24, 2.45) is 0 Å². The van der Waals surface area contributed by atoms with Gasteiger partial charge >= 0.3 is 18.5 Å². The van der Waals surface area contributed by atoms with Gasteiger partial charge < -0.3 is 14.2 Å². The molecule has 0 saturated carbocycles. The molecular weight excluding hydrogens is 470 g/mol. The summed E-state index contributed by atoms with van der Waals surface area (Å²) < 4.78 is 90.2. The minimum atomic E-state index is -4.97. The maximum absolute atomic E-state index is 13.1. The van der Waals surface area contributed by atoms with Crippen LogP contribution in [0.15, 0.2) is 55.0 Å². The minimum Gasteiger partial charge on any atom is -0.437 e. The first-order valence-electron chi connectivity index (χ1n) is 8.35. The van der Waals surface area contributed by atoms with E-state index in [1.54, 1.807) is 0 Å². The zero-order chi connectivity index (χ0) is 23.5. The van der Waals surface area contributed by atoms with Gasteiger partial charge in [-0.05, 0) is 30.3 Å². The summed E-state index contributed by atoms with van der Waals surface area (Å²) in [6.07, 6.45) is -6.81. The van der Waals surface area contributed by atoms with Crippen LogP contribution in [0.2, 0.25) is 5.02 Å². The second kappa shape index (κ2) is 8.91. The smallest absolute Gasteiger partial charge is 0.437 e. The lowest BCUT2D eigenvalue weighted by molar-refractivity contribution is -0.274. The van der Waals surface area contributed by atoms with E-state index in [2.05, 4.69) is 14.7 Å². The van der Waals surface area contributed by atoms with Crippen LogP contribution in [-0.4, -0.2) is 22.3 Å². The van der Waals surface area contributed by atoms with Crippen LogP contribution < -0.4 is 14.2 Å². The Morgan fingerprint density at radius 1 is 0.938 bits per heavy atom. The summed E-state index contributed by atoms with van der Waals surface area (Å²) >= 11 is 5.87. The number of hydrogen-bond acceptors (Lipinski definition) is 6. The van der Waals surface area contributed by atoms with Crippen molar-refractivity contribution in [2.45, 2.75) is 12.5 Å². The first-order chi connectivity index (χ1) is 14.9. The van der Waals surface area contributed by atoms with Gasteiger partial charge in [-0.3, -0.25) is 4.98 Å². The Morgan fingerprint density at radius 2 is 1.62 bits per heavy atom. The van der Waals surface area contributed by atoms with Crippen molar-refractivity contribution in [1.29, 1.82) is 0 Å². The number of carbonyl (C=O) groups is 1. The molecule has 0 atom stereocenters. The highest BCUT2D eigenvalue weighted by atomic mass is 35.5. The summed E-state index contributed by atoms with van der Waals surface area (Å²) in [5, 5.41) is -0.387. The van der Waals surface area contributed by atoms with E-state index in [9.17, 15) is 31.1 Å². The summed E-state index contributed by atoms with van der Waals surface area (Å²) in [5.41, 5.74) is -1.96. The number of ether oxygens (including phenoxy) is 3. The standard InChI is InChI=1S/C19H9ClF6N2O4/c20-14-8-12(32-19(24,25)26)1-2-15(14)31-16-13(7-10(9-28-16)18(21,22)23)17(29)30-11-3-5-27-6-4-11/h1-9H. The van der Waals surface area contributed by atoms with E-state index in [0.717, 1.165) is 18.2 Å². The van der Waals surface area contributed by atoms with Crippen LogP contribution >= 0.6 is 11.6 Å². The maximum atomic E-state index is 13.1. The van der Waals surface area contributed by atoms with Crippen molar-refractivity contribution >= 4 is 17.6 Å². The van der Waals surface area contributed by atoms with Gasteiger partial charge in [0.15, 0.2) is 0 Å². The molecule has 2 heterocycles. The van der Waals surface area contributed by atoms with E-state index >= 15 is 0 Å². The molecule has 32 heavy (non-hydrogen) atoms. The molecule has 6 nitrogen and oxygen atoms in total. The highest BCUT2D eigenvalue weighted by molar-refractivity contribution is 6.32. The molecule has 0 spiro atoms. The molecule has 0 radical (unpaired) electrons. The van der Waals surface area contributed by atoms with Gasteiger partial charge in [-0.15, -0.1) is 13.2 Å². The van der Waals surface area contributed by atoms with Crippen LogP contribution in [-0.2, 0) is 6.18 Å². The third-order valence-electron chi connectivity index (χ3n) is 3.60. The molecule has 0 aliphatic carbocycles. The summed E-state index contributed by atoms with van der Waals surface area (Å²) in [7, 11) is 0. The second-order valence-electron chi connectivity index (χ2n) is 5.89. The monoisotopic (exact) mass is 478 g/mol. The largest absolute Gasteiger partial charge is 0.573 e. The Morgan fingerprint density at radius 3 is 2.22 bits per heavy atom. The number of aromatic nitrogens is 2. The third kappa shape index (κ3) is 6.00. The Hall–Kier alpha value is -3.54. The van der Waals surface area contributed by atoms with Gasteiger partial charge in [0.05, 0.1) is 10.6 Å². The van der Waals surface area contributed by atoms with Crippen LogP contribution in [0.25, 0.3) is 0 Å². The lowest BCUT2D eigenvalue weighted by Gasteiger charge is -2.14. The maximum Gasteiger partial charge on any atom is 0.573 e. The SMILES string of the molecule is O=C(Oc1ccncc1)c1cc(C(F)(F)F)cnc1Oc1ccc(OC(F)(F)F)cc1Cl. The van der Waals surface area contributed by atoms with Crippen LogP contribution in [0.1, 0.15) is 15.9 Å². The van der Waals surface area contributed by atoms with Gasteiger partial charge in [0.1, 0.15) is 22.8 Å². The number of benzene rings is 1. The molecule has 3 aromatic rings. The molecular formula is C19H9ClF6N2O4. The average molecular weight is 479 g/mol. The first kappa shape index (κ1) is 23.1. The molecule has 0 saturated heterocycles. The zero-order valence-electron chi connectivity index (χ0n) is 15.4. The quantitative estimate of drug-likeness (QED) is 0.328. The van der Waals surface area contributed by atoms with Crippen LogP contribution in [0.5, 0.6) is 23.1 Å². The van der Waals surface area contributed by atoms with Crippen LogP contribution in [0.3, 0.4) is 0 Å². The molecule has 0 aliphatic heterocycles. The zero-order valence-corrected chi connectivity index (χ0v) is 16.1. The Bertz CT molecular complexity index is 1120. The van der Waals surface area contributed by atoms with Crippen molar-refractivity contribution in [3.8, 4) is 23.1 Å². The first-order valence-corrected chi connectivity index (χ1v) is 8.73. The molecule has 0 fully saturated rings. The van der Waals surface area contributed by atoms with Gasteiger partial charge in [0.2, 0.25) is 5.88 Å². The topological polar surface area (TPSA) is 70.5 Å². The molecule has 13 heteroatoms. The predicted molar refractivity (Wildman–Crippen MR) is 96.6 cm³/mol. The number of pyridine rings is 2. The second-order valence-corrected chi connectivity index (χ2v) is 6.30. The summed E-state index contributed by atoms with van der Waals surface area (Å²) in [6, 6.07) is 5.62. The van der Waals surface area contributed by atoms with E-state index in [1.807, 2.05) is 0 Å². The van der Waals surface area contributed by atoms with E-state index < -0.39 is 41.3 Å². The fourth-order valence-electron chi connectivity index (χ4n) is 2.27. The van der Waals surface area contributed by atoms with Crippen molar-refractivity contribution in [3.63, 3.8) is 0 Å². The van der Waals surface area contributed by atoms with Gasteiger partial charge in [0.25, 0.3) is 0 Å². The molecule has 2 aromatic heterocycles. The third-order valence-corrected chi connectivity index (χ3v) is 3.90. The Labute approximate surface area is 180 Å². The van der Waals surface area contributed by atoms with Gasteiger partial charge in [-0.25, -0.2) is 9.78 Å². The summed E-state index contributed by atoms with van der Waals surface area (Å²) in [6.45, 7) is 0. The molecule has 3 rings (SSSR count). The molecule has 0 aliphatic rings. The van der Waals surface area contributed by atoms with Gasteiger partial charge in [-0.2, -0.15) is 13.2 Å². The number of carbonyl (C=O) groups excluding carboxylic acids is 1. The van der Waals surface area contributed by atoms with E-state index in [4.69, 9.17) is 21.1 Å². The van der Waals surface area contributed by atoms with E-state index in [0.29, 0.717) is 12.3 Å². The normalized spacial score (nSPS) is 11.7. The predicted octanol–water partition coefficient (Wildman–Crippen LogP) is 6.06. The van der Waals surface area contributed by atoms with Crippen molar-refractivity contribution < 1.29 is 45.3 Å². The highest BCUT2D eigenvalue weighted by Gasteiger charge is 2.34. The lowest BCUT2D eigenvalue weighted by Crippen LogP contribution is -2.17. The van der Waals surface area contributed by atoms with Crippen LogP contribution in [0.4, 0.5) is 26.3 Å². The number of esters is 1. The molecule has 1 aromatic carbocycles. The lowest BCUT2D eigenvalue weighted by atomic mass is 10.2. The molecule has 168 valence electrons. The van der Waals surface area contributed by atoms with Gasteiger partial charge in [-0.1, -0.05) is 11.6 Å². The Kier molecular flexibility index (Phi) is 6.44. The highest BCUT2D eigenvalue weighted by Crippen LogP contribution is 2.37. The number of nitrogens with zero attached hydrogens (tertiary/aromatic N) is 2. The number of halogens is 7. The summed E-state index contributed by atoms with van der Waals surface area (Å²) in [4.78, 5) is 19.7. The average Bonchev–Trinajstić information content (AvgIpc) is 2.69. The van der Waals surface area contributed by atoms with Gasteiger partial charge in [0, 0.05) is 24.7 Å². The molecule has 0 amide bonds. The van der Waals surface area contributed by atoms with Crippen LogP contribution in [0, 0.1) is 0 Å². The van der Waals surface area contributed by atoms with E-state index in [-0.39, 0.29) is 16.5 Å². The molecule has 0 unspecified atom stereocenters. The number of rotatable bonds is 5. The fourth-order valence-corrected chi connectivity index (χ4v) is 2.48. The minimum absolute atomic E-state index is 0.0138. The van der Waals surface area contributed by atoms with Crippen molar-refractivity contribution in [2.75, 3.05) is 0 Å². The number of alkyl halides is 6.